The van der Waals surface area contributed by atoms with E-state index in [0.717, 1.165) is 25.9 Å². The van der Waals surface area contributed by atoms with Gasteiger partial charge in [0.05, 0.1) is 0 Å². The molecule has 1 heterocycles. The maximum absolute atomic E-state index is 11.6. The van der Waals surface area contributed by atoms with Crippen molar-refractivity contribution in [2.75, 3.05) is 13.7 Å². The van der Waals surface area contributed by atoms with E-state index >= 15 is 0 Å². The first kappa shape index (κ1) is 14.3. The lowest BCUT2D eigenvalue weighted by atomic mass is 10.1. The van der Waals surface area contributed by atoms with Crippen molar-refractivity contribution in [1.29, 1.82) is 0 Å². The third-order valence-electron chi connectivity index (χ3n) is 2.47. The van der Waals surface area contributed by atoms with Gasteiger partial charge in [-0.3, -0.25) is 5.32 Å². The molecule has 5 heteroatoms. The number of carbonyl (C=O) groups excluding carboxylic acids is 1. The number of hydrogen-bond acceptors (Lipinski definition) is 4. The molecule has 1 aliphatic rings. The van der Waals surface area contributed by atoms with Crippen molar-refractivity contribution in [1.82, 2.24) is 5.32 Å². The zero-order valence-corrected chi connectivity index (χ0v) is 11.1. The quantitative estimate of drug-likeness (QED) is 0.773. The molecule has 1 aliphatic heterocycles. The van der Waals surface area contributed by atoms with E-state index in [-0.39, 0.29) is 6.10 Å². The van der Waals surface area contributed by atoms with Crippen molar-refractivity contribution in [3.63, 3.8) is 0 Å². The Labute approximate surface area is 103 Å². The first-order valence-corrected chi connectivity index (χ1v) is 6.06. The van der Waals surface area contributed by atoms with E-state index in [1.54, 1.807) is 7.11 Å². The predicted octanol–water partition coefficient (Wildman–Crippen LogP) is 2.05. The minimum Gasteiger partial charge on any atom is -0.444 e. The second kappa shape index (κ2) is 6.21. The smallest absolute Gasteiger partial charge is 0.409 e. The molecule has 0 spiro atoms. The van der Waals surface area contributed by atoms with Crippen LogP contribution in [0.1, 0.15) is 40.0 Å². The van der Waals surface area contributed by atoms with Crippen molar-refractivity contribution in [3.05, 3.63) is 0 Å². The summed E-state index contributed by atoms with van der Waals surface area (Å²) in [7, 11) is 1.56. The van der Waals surface area contributed by atoms with Gasteiger partial charge in [-0.15, -0.1) is 0 Å². The van der Waals surface area contributed by atoms with E-state index in [1.165, 1.54) is 0 Å². The molecule has 1 saturated heterocycles. The highest BCUT2D eigenvalue weighted by molar-refractivity contribution is 5.67. The van der Waals surface area contributed by atoms with Crippen LogP contribution in [0.3, 0.4) is 0 Å². The van der Waals surface area contributed by atoms with Gasteiger partial charge < -0.3 is 14.2 Å². The standard InChI is InChI=1S/C12H23NO4/c1-12(2,3)17-11(14)13-10(15-4)9-7-5-6-8-16-9/h9-10H,5-8H2,1-4H3,(H,13,14)/t9-,10-/m0/s1. The van der Waals surface area contributed by atoms with E-state index in [1.807, 2.05) is 20.8 Å². The molecule has 100 valence electrons. The van der Waals surface area contributed by atoms with Gasteiger partial charge in [-0.25, -0.2) is 4.79 Å². The number of alkyl carbamates (subject to hydrolysis) is 1. The van der Waals surface area contributed by atoms with Crippen LogP contribution < -0.4 is 5.32 Å². The molecular formula is C12H23NO4. The average Bonchev–Trinajstić information content (AvgIpc) is 2.24. The summed E-state index contributed by atoms with van der Waals surface area (Å²) in [5.41, 5.74) is -0.504. The van der Waals surface area contributed by atoms with E-state index in [9.17, 15) is 4.79 Å². The average molecular weight is 245 g/mol. The first-order chi connectivity index (χ1) is 7.92. The topological polar surface area (TPSA) is 56.8 Å². The minimum atomic E-state index is -0.504. The van der Waals surface area contributed by atoms with Crippen molar-refractivity contribution in [3.8, 4) is 0 Å². The summed E-state index contributed by atoms with van der Waals surface area (Å²) in [6.45, 7) is 6.20. The van der Waals surface area contributed by atoms with Gasteiger partial charge >= 0.3 is 6.09 Å². The van der Waals surface area contributed by atoms with Crippen molar-refractivity contribution in [2.45, 2.75) is 58.0 Å². The van der Waals surface area contributed by atoms with Gasteiger partial charge in [-0.05, 0) is 40.0 Å². The maximum atomic E-state index is 11.6. The molecule has 0 radical (unpaired) electrons. The van der Waals surface area contributed by atoms with E-state index in [0.29, 0.717) is 0 Å². The van der Waals surface area contributed by atoms with Gasteiger partial charge in [0.25, 0.3) is 0 Å². The van der Waals surface area contributed by atoms with Gasteiger partial charge in [-0.1, -0.05) is 0 Å². The number of carbonyl (C=O) groups is 1. The van der Waals surface area contributed by atoms with Crippen LogP contribution in [0.4, 0.5) is 4.79 Å². The van der Waals surface area contributed by atoms with Crippen molar-refractivity contribution >= 4 is 6.09 Å². The Bertz CT molecular complexity index is 243. The fourth-order valence-electron chi connectivity index (χ4n) is 1.73. The predicted molar refractivity (Wildman–Crippen MR) is 63.8 cm³/mol. The monoisotopic (exact) mass is 245 g/mol. The normalized spacial score (nSPS) is 22.9. The molecule has 5 nitrogen and oxygen atoms in total. The van der Waals surface area contributed by atoms with Crippen molar-refractivity contribution in [2.24, 2.45) is 0 Å². The van der Waals surface area contributed by atoms with Crippen LogP contribution in [0.25, 0.3) is 0 Å². The molecule has 0 aromatic carbocycles. The highest BCUT2D eigenvalue weighted by atomic mass is 16.6. The summed E-state index contributed by atoms with van der Waals surface area (Å²) in [4.78, 5) is 11.6. The number of methoxy groups -OCH3 is 1. The largest absolute Gasteiger partial charge is 0.444 e. The molecular weight excluding hydrogens is 222 g/mol. The Hall–Kier alpha value is -0.810. The van der Waals surface area contributed by atoms with Crippen LogP contribution in [0.5, 0.6) is 0 Å². The summed E-state index contributed by atoms with van der Waals surface area (Å²) in [5.74, 6) is 0. The van der Waals surface area contributed by atoms with Crippen molar-refractivity contribution < 1.29 is 19.0 Å². The molecule has 0 bridgehead atoms. The minimum absolute atomic E-state index is 0.0822. The number of nitrogens with one attached hydrogen (secondary N) is 1. The van der Waals surface area contributed by atoms with Gasteiger partial charge in [0, 0.05) is 13.7 Å². The summed E-state index contributed by atoms with van der Waals surface area (Å²) in [5, 5.41) is 2.68. The number of rotatable bonds is 3. The zero-order valence-electron chi connectivity index (χ0n) is 11.1. The van der Waals surface area contributed by atoms with E-state index in [4.69, 9.17) is 14.2 Å². The summed E-state index contributed by atoms with van der Waals surface area (Å²) in [6, 6.07) is 0. The highest BCUT2D eigenvalue weighted by Gasteiger charge is 2.27. The molecule has 0 saturated carbocycles. The lowest BCUT2D eigenvalue weighted by Gasteiger charge is -2.30. The highest BCUT2D eigenvalue weighted by Crippen LogP contribution is 2.17. The number of hydrogen-bond donors (Lipinski definition) is 1. The molecule has 2 atom stereocenters. The summed E-state index contributed by atoms with van der Waals surface area (Å²) >= 11 is 0. The summed E-state index contributed by atoms with van der Waals surface area (Å²) in [6.07, 6.45) is 2.07. The SMILES string of the molecule is CO[C@H](NC(=O)OC(C)(C)C)[C@@H]1CCCCO1. The molecule has 1 N–H and O–H groups in total. The number of amides is 1. The first-order valence-electron chi connectivity index (χ1n) is 6.06. The number of ether oxygens (including phenoxy) is 3. The lowest BCUT2D eigenvalue weighted by Crippen LogP contribution is -2.48. The Morgan fingerprint density at radius 3 is 2.59 bits per heavy atom. The summed E-state index contributed by atoms with van der Waals surface area (Å²) < 4.78 is 16.0. The van der Waals surface area contributed by atoms with Crippen LogP contribution >= 0.6 is 0 Å². The van der Waals surface area contributed by atoms with Gasteiger partial charge in [0.1, 0.15) is 11.7 Å². The molecule has 0 aliphatic carbocycles. The fraction of sp³-hybridized carbons (Fsp3) is 0.917. The molecule has 1 amide bonds. The van der Waals surface area contributed by atoms with Crippen LogP contribution in [0, 0.1) is 0 Å². The Morgan fingerprint density at radius 1 is 1.41 bits per heavy atom. The lowest BCUT2D eigenvalue weighted by molar-refractivity contribution is -0.0907. The molecule has 17 heavy (non-hydrogen) atoms. The Kier molecular flexibility index (Phi) is 5.21. The maximum Gasteiger partial charge on any atom is 0.409 e. The molecule has 0 aromatic rings. The fourth-order valence-corrected chi connectivity index (χ4v) is 1.73. The third kappa shape index (κ3) is 5.37. The second-order valence-electron chi connectivity index (χ2n) is 5.21. The second-order valence-corrected chi connectivity index (χ2v) is 5.21. The third-order valence-corrected chi connectivity index (χ3v) is 2.47. The molecule has 1 fully saturated rings. The van der Waals surface area contributed by atoms with Crippen LogP contribution in [0.2, 0.25) is 0 Å². The Morgan fingerprint density at radius 2 is 2.12 bits per heavy atom. The van der Waals surface area contributed by atoms with Crippen LogP contribution in [-0.4, -0.2) is 37.7 Å². The van der Waals surface area contributed by atoms with E-state index in [2.05, 4.69) is 5.32 Å². The molecule has 0 aromatic heterocycles. The van der Waals surface area contributed by atoms with Gasteiger partial charge in [0.2, 0.25) is 0 Å². The molecule has 1 rings (SSSR count). The van der Waals surface area contributed by atoms with Gasteiger partial charge in [0.15, 0.2) is 6.23 Å². The van der Waals surface area contributed by atoms with Crippen LogP contribution in [-0.2, 0) is 14.2 Å². The van der Waals surface area contributed by atoms with Gasteiger partial charge in [-0.2, -0.15) is 0 Å². The van der Waals surface area contributed by atoms with E-state index < -0.39 is 17.9 Å². The zero-order chi connectivity index (χ0) is 12.9. The van der Waals surface area contributed by atoms with Crippen LogP contribution in [0.15, 0.2) is 0 Å². The molecule has 0 unspecified atom stereocenters. The Balaban J connectivity index is 2.42.